The first-order chi connectivity index (χ1) is 7.24. The van der Waals surface area contributed by atoms with E-state index < -0.39 is 12.0 Å². The molecule has 0 radical (unpaired) electrons. The van der Waals surface area contributed by atoms with Crippen LogP contribution in [-0.2, 0) is 16.0 Å². The van der Waals surface area contributed by atoms with Crippen LogP contribution in [0.1, 0.15) is 12.0 Å². The number of aliphatic imine (C=N–C) groups is 1. The van der Waals surface area contributed by atoms with Crippen molar-refractivity contribution in [2.24, 2.45) is 4.99 Å². The fourth-order valence-corrected chi connectivity index (χ4v) is 1.25. The lowest BCUT2D eigenvalue weighted by molar-refractivity contribution is -0.138. The highest BCUT2D eigenvalue weighted by atomic mass is 16.4. The third-order valence-electron chi connectivity index (χ3n) is 2.04. The number of isocyanates is 1. The topological polar surface area (TPSA) is 66.7 Å². The summed E-state index contributed by atoms with van der Waals surface area (Å²) in [7, 11) is 0. The van der Waals surface area contributed by atoms with Crippen molar-refractivity contribution >= 4 is 12.0 Å². The molecule has 15 heavy (non-hydrogen) atoms. The van der Waals surface area contributed by atoms with Gasteiger partial charge in [-0.25, -0.2) is 9.59 Å². The first-order valence-corrected chi connectivity index (χ1v) is 4.57. The molecule has 0 aliphatic rings. The van der Waals surface area contributed by atoms with Crippen LogP contribution in [0.2, 0.25) is 0 Å². The van der Waals surface area contributed by atoms with Crippen LogP contribution in [0.5, 0.6) is 0 Å². The molecule has 78 valence electrons. The maximum absolute atomic E-state index is 10.6. The average Bonchev–Trinajstić information content (AvgIpc) is 2.25. The number of nitrogens with zero attached hydrogens (tertiary/aromatic N) is 1. The molecular weight excluding hydrogens is 194 g/mol. The average molecular weight is 205 g/mol. The van der Waals surface area contributed by atoms with Crippen molar-refractivity contribution in [1.29, 1.82) is 0 Å². The van der Waals surface area contributed by atoms with Crippen LogP contribution in [0.25, 0.3) is 0 Å². The van der Waals surface area contributed by atoms with Crippen molar-refractivity contribution in [3.8, 4) is 0 Å². The molecule has 0 aliphatic carbocycles. The molecular formula is C11H11NO3. The van der Waals surface area contributed by atoms with E-state index in [1.165, 1.54) is 6.08 Å². The molecule has 0 saturated heterocycles. The summed E-state index contributed by atoms with van der Waals surface area (Å²) in [6.45, 7) is 0. The number of benzene rings is 1. The minimum Gasteiger partial charge on any atom is -0.480 e. The molecule has 1 aromatic carbocycles. The van der Waals surface area contributed by atoms with Crippen LogP contribution in [-0.4, -0.2) is 23.2 Å². The molecule has 0 spiro atoms. The second-order valence-electron chi connectivity index (χ2n) is 3.10. The monoisotopic (exact) mass is 205 g/mol. The Bertz CT molecular complexity index is 367. The van der Waals surface area contributed by atoms with E-state index in [1.54, 1.807) is 0 Å². The zero-order valence-electron chi connectivity index (χ0n) is 8.09. The molecule has 1 rings (SSSR count). The number of carbonyl (C=O) groups is 1. The Morgan fingerprint density at radius 3 is 2.60 bits per heavy atom. The second-order valence-corrected chi connectivity index (χ2v) is 3.10. The molecule has 4 nitrogen and oxygen atoms in total. The third-order valence-corrected chi connectivity index (χ3v) is 2.04. The number of carbonyl (C=O) groups excluding carboxylic acids is 1. The van der Waals surface area contributed by atoms with Gasteiger partial charge in [-0.15, -0.1) is 0 Å². The van der Waals surface area contributed by atoms with E-state index in [9.17, 15) is 9.59 Å². The molecule has 0 saturated carbocycles. The Morgan fingerprint density at radius 2 is 2.07 bits per heavy atom. The molecule has 0 bridgehead atoms. The summed E-state index contributed by atoms with van der Waals surface area (Å²) in [4.78, 5) is 23.8. The van der Waals surface area contributed by atoms with Crippen LogP contribution in [0.3, 0.4) is 0 Å². The maximum Gasteiger partial charge on any atom is 0.329 e. The summed E-state index contributed by atoms with van der Waals surface area (Å²) < 4.78 is 0. The van der Waals surface area contributed by atoms with Gasteiger partial charge in [0.15, 0.2) is 6.04 Å². The van der Waals surface area contributed by atoms with Gasteiger partial charge in [-0.2, -0.15) is 4.99 Å². The number of rotatable bonds is 5. The van der Waals surface area contributed by atoms with Crippen molar-refractivity contribution in [2.75, 3.05) is 0 Å². The van der Waals surface area contributed by atoms with E-state index in [2.05, 4.69) is 4.99 Å². The molecule has 0 amide bonds. The molecule has 0 heterocycles. The SMILES string of the molecule is O=C=N[C@H](CCc1ccccc1)C(=O)O. The Kier molecular flexibility index (Phi) is 4.26. The number of carboxylic acids is 1. The number of hydrogen-bond donors (Lipinski definition) is 1. The summed E-state index contributed by atoms with van der Waals surface area (Å²) in [5.74, 6) is -1.09. The highest BCUT2D eigenvalue weighted by Gasteiger charge is 2.15. The van der Waals surface area contributed by atoms with Crippen molar-refractivity contribution in [3.05, 3.63) is 35.9 Å². The lowest BCUT2D eigenvalue weighted by Gasteiger charge is -2.04. The zero-order valence-corrected chi connectivity index (χ0v) is 8.09. The minimum atomic E-state index is -1.09. The second kappa shape index (κ2) is 5.73. The summed E-state index contributed by atoms with van der Waals surface area (Å²) in [6.07, 6.45) is 2.18. The van der Waals surface area contributed by atoms with E-state index >= 15 is 0 Å². The lowest BCUT2D eigenvalue weighted by atomic mass is 10.1. The third kappa shape index (κ3) is 3.75. The van der Waals surface area contributed by atoms with Crippen molar-refractivity contribution in [1.82, 2.24) is 0 Å². The summed E-state index contributed by atoms with van der Waals surface area (Å²) >= 11 is 0. The van der Waals surface area contributed by atoms with Crippen LogP contribution < -0.4 is 0 Å². The van der Waals surface area contributed by atoms with Gasteiger partial charge in [-0.3, -0.25) is 0 Å². The normalized spacial score (nSPS) is 11.5. The van der Waals surface area contributed by atoms with E-state index in [1.807, 2.05) is 30.3 Å². The predicted molar refractivity (Wildman–Crippen MR) is 54.3 cm³/mol. The minimum absolute atomic E-state index is 0.314. The van der Waals surface area contributed by atoms with E-state index in [0.717, 1.165) is 5.56 Å². The first kappa shape index (κ1) is 11.1. The summed E-state index contributed by atoms with van der Waals surface area (Å²) in [6, 6.07) is 8.49. The Balaban J connectivity index is 2.54. The van der Waals surface area contributed by atoms with Crippen molar-refractivity contribution in [3.63, 3.8) is 0 Å². The van der Waals surface area contributed by atoms with Gasteiger partial charge in [-0.05, 0) is 18.4 Å². The van der Waals surface area contributed by atoms with Crippen LogP contribution in [0.4, 0.5) is 0 Å². The summed E-state index contributed by atoms with van der Waals surface area (Å²) in [5, 5.41) is 8.71. The number of carboxylic acid groups (broad SMARTS) is 1. The number of aryl methyl sites for hydroxylation is 1. The Labute approximate surface area is 87.3 Å². The Hall–Kier alpha value is -1.93. The molecule has 0 unspecified atom stereocenters. The molecule has 1 aromatic rings. The quantitative estimate of drug-likeness (QED) is 0.583. The summed E-state index contributed by atoms with van der Waals surface area (Å²) in [5.41, 5.74) is 1.03. The molecule has 4 heteroatoms. The molecule has 0 aromatic heterocycles. The fraction of sp³-hybridized carbons (Fsp3) is 0.273. The van der Waals surface area contributed by atoms with Crippen molar-refractivity contribution < 1.29 is 14.7 Å². The van der Waals surface area contributed by atoms with E-state index in [0.29, 0.717) is 12.8 Å². The van der Waals surface area contributed by atoms with Crippen LogP contribution in [0, 0.1) is 0 Å². The highest BCUT2D eigenvalue weighted by molar-refractivity contribution is 5.74. The highest BCUT2D eigenvalue weighted by Crippen LogP contribution is 2.07. The van der Waals surface area contributed by atoms with Gasteiger partial charge < -0.3 is 5.11 Å². The molecule has 0 aliphatic heterocycles. The Morgan fingerprint density at radius 1 is 1.40 bits per heavy atom. The smallest absolute Gasteiger partial charge is 0.329 e. The van der Waals surface area contributed by atoms with Crippen molar-refractivity contribution in [2.45, 2.75) is 18.9 Å². The van der Waals surface area contributed by atoms with Gasteiger partial charge in [0.1, 0.15) is 0 Å². The number of hydrogen-bond acceptors (Lipinski definition) is 3. The van der Waals surface area contributed by atoms with Gasteiger partial charge in [0.25, 0.3) is 0 Å². The largest absolute Gasteiger partial charge is 0.480 e. The van der Waals surface area contributed by atoms with Crippen LogP contribution in [0.15, 0.2) is 35.3 Å². The maximum atomic E-state index is 10.6. The standard InChI is InChI=1S/C11H11NO3/c13-8-12-10(11(14)15)7-6-9-4-2-1-3-5-9/h1-5,10H,6-7H2,(H,14,15)/t10-/m1/s1. The van der Waals surface area contributed by atoms with Crippen LogP contribution >= 0.6 is 0 Å². The number of aliphatic carboxylic acids is 1. The van der Waals surface area contributed by atoms with Gasteiger partial charge in [0.05, 0.1) is 0 Å². The molecule has 1 atom stereocenters. The fourth-order valence-electron chi connectivity index (χ4n) is 1.25. The molecule has 0 fully saturated rings. The van der Waals surface area contributed by atoms with E-state index in [-0.39, 0.29) is 0 Å². The van der Waals surface area contributed by atoms with E-state index in [4.69, 9.17) is 5.11 Å². The predicted octanol–water partition coefficient (Wildman–Crippen LogP) is 1.41. The lowest BCUT2D eigenvalue weighted by Crippen LogP contribution is -2.18. The van der Waals surface area contributed by atoms with Gasteiger partial charge >= 0.3 is 5.97 Å². The van der Waals surface area contributed by atoms with Gasteiger partial charge in [0, 0.05) is 0 Å². The van der Waals surface area contributed by atoms with Gasteiger partial charge in [-0.1, -0.05) is 30.3 Å². The first-order valence-electron chi connectivity index (χ1n) is 4.57. The molecule has 1 N–H and O–H groups in total. The van der Waals surface area contributed by atoms with Gasteiger partial charge in [0.2, 0.25) is 6.08 Å². The zero-order chi connectivity index (χ0) is 11.1.